The van der Waals surface area contributed by atoms with Gasteiger partial charge in [-0.2, -0.15) is 0 Å². The van der Waals surface area contributed by atoms with Crippen LogP contribution in [0.5, 0.6) is 0 Å². The Morgan fingerprint density at radius 3 is 2.71 bits per heavy atom. The van der Waals surface area contributed by atoms with Crippen LogP contribution in [-0.2, 0) is 4.79 Å². The summed E-state index contributed by atoms with van der Waals surface area (Å²) in [4.78, 5) is 10.0. The standard InChI is InChI=1S/C4H7NO2/c6-2-3-1-4(7)5-3/h3,6H,1-2H2,(H,5,7)/t3-/m1/s1. The Labute approximate surface area is 41.3 Å². The van der Waals surface area contributed by atoms with E-state index in [1.807, 2.05) is 0 Å². The first-order chi connectivity index (χ1) is 3.33. The highest BCUT2D eigenvalue weighted by Gasteiger charge is 2.23. The van der Waals surface area contributed by atoms with E-state index in [2.05, 4.69) is 5.32 Å². The number of nitrogens with one attached hydrogen (secondary N) is 1. The van der Waals surface area contributed by atoms with Crippen molar-refractivity contribution in [3.8, 4) is 0 Å². The highest BCUT2D eigenvalue weighted by Crippen LogP contribution is 2.00. The van der Waals surface area contributed by atoms with Gasteiger partial charge in [0.15, 0.2) is 0 Å². The fourth-order valence-corrected chi connectivity index (χ4v) is 0.541. The minimum atomic E-state index is 0.0408. The third kappa shape index (κ3) is 0.718. The number of carbonyl (C=O) groups excluding carboxylic acids is 1. The summed E-state index contributed by atoms with van der Waals surface area (Å²) in [6.07, 6.45) is 0.497. The molecule has 1 fully saturated rings. The van der Waals surface area contributed by atoms with E-state index in [4.69, 9.17) is 5.11 Å². The molecule has 1 atom stereocenters. The van der Waals surface area contributed by atoms with Crippen LogP contribution in [0.4, 0.5) is 0 Å². The summed E-state index contributed by atoms with van der Waals surface area (Å²) in [5, 5.41) is 10.8. The van der Waals surface area contributed by atoms with Gasteiger partial charge in [0.1, 0.15) is 0 Å². The van der Waals surface area contributed by atoms with Crippen LogP contribution in [0.25, 0.3) is 0 Å². The van der Waals surface area contributed by atoms with Crippen LogP contribution in [0.15, 0.2) is 0 Å². The van der Waals surface area contributed by atoms with Crippen molar-refractivity contribution in [2.24, 2.45) is 0 Å². The summed E-state index contributed by atoms with van der Waals surface area (Å²) >= 11 is 0. The van der Waals surface area contributed by atoms with Crippen molar-refractivity contribution in [1.82, 2.24) is 5.32 Å². The number of hydrogen-bond donors (Lipinski definition) is 2. The van der Waals surface area contributed by atoms with Crippen molar-refractivity contribution in [3.05, 3.63) is 0 Å². The second-order valence-electron chi connectivity index (χ2n) is 1.65. The van der Waals surface area contributed by atoms with E-state index in [0.29, 0.717) is 6.42 Å². The summed E-state index contributed by atoms with van der Waals surface area (Å²) in [6.45, 7) is 0.0751. The average molecular weight is 101 g/mol. The van der Waals surface area contributed by atoms with E-state index in [0.717, 1.165) is 0 Å². The Morgan fingerprint density at radius 2 is 2.57 bits per heavy atom. The lowest BCUT2D eigenvalue weighted by atomic mass is 10.1. The Kier molecular flexibility index (Phi) is 0.982. The third-order valence-corrected chi connectivity index (χ3v) is 1.02. The van der Waals surface area contributed by atoms with Crippen LogP contribution in [0, 0.1) is 0 Å². The van der Waals surface area contributed by atoms with E-state index in [1.54, 1.807) is 0 Å². The molecule has 0 bridgehead atoms. The molecule has 1 aliphatic rings. The third-order valence-electron chi connectivity index (χ3n) is 1.02. The van der Waals surface area contributed by atoms with Crippen LogP contribution in [0.3, 0.4) is 0 Å². The van der Waals surface area contributed by atoms with E-state index < -0.39 is 0 Å². The topological polar surface area (TPSA) is 49.3 Å². The van der Waals surface area contributed by atoms with Gasteiger partial charge >= 0.3 is 0 Å². The van der Waals surface area contributed by atoms with Gasteiger partial charge in [-0.25, -0.2) is 0 Å². The first-order valence-electron chi connectivity index (χ1n) is 2.23. The zero-order chi connectivity index (χ0) is 5.28. The molecule has 0 aromatic carbocycles. The van der Waals surface area contributed by atoms with Crippen LogP contribution in [-0.4, -0.2) is 23.7 Å². The van der Waals surface area contributed by atoms with Gasteiger partial charge in [-0.3, -0.25) is 4.79 Å². The molecule has 40 valence electrons. The largest absolute Gasteiger partial charge is 0.394 e. The number of carbonyl (C=O) groups is 1. The molecule has 2 N–H and O–H groups in total. The molecule has 3 heteroatoms. The number of amides is 1. The zero-order valence-electron chi connectivity index (χ0n) is 3.85. The van der Waals surface area contributed by atoms with Crippen molar-refractivity contribution < 1.29 is 9.90 Å². The van der Waals surface area contributed by atoms with Gasteiger partial charge in [0, 0.05) is 6.42 Å². The van der Waals surface area contributed by atoms with Crippen molar-refractivity contribution in [2.75, 3.05) is 6.61 Å². The Bertz CT molecular complexity index is 83.7. The highest BCUT2D eigenvalue weighted by atomic mass is 16.3. The minimum Gasteiger partial charge on any atom is -0.394 e. The summed E-state index contributed by atoms with van der Waals surface area (Å²) < 4.78 is 0. The molecule has 0 aromatic rings. The Balaban J connectivity index is 2.17. The van der Waals surface area contributed by atoms with Gasteiger partial charge in [0.2, 0.25) is 5.91 Å². The van der Waals surface area contributed by atoms with Gasteiger partial charge in [-0.1, -0.05) is 0 Å². The molecule has 0 spiro atoms. The molecule has 0 aromatic heterocycles. The monoisotopic (exact) mass is 101 g/mol. The number of aliphatic hydroxyl groups is 1. The van der Waals surface area contributed by atoms with Crippen molar-refractivity contribution in [3.63, 3.8) is 0 Å². The fourth-order valence-electron chi connectivity index (χ4n) is 0.541. The van der Waals surface area contributed by atoms with Gasteiger partial charge in [-0.15, -0.1) is 0 Å². The van der Waals surface area contributed by atoms with Gasteiger partial charge < -0.3 is 10.4 Å². The SMILES string of the molecule is O=C1C[C@H](CO)N1. The second-order valence-corrected chi connectivity index (χ2v) is 1.65. The number of aliphatic hydroxyl groups excluding tert-OH is 1. The molecule has 1 rings (SSSR count). The molecule has 1 heterocycles. The van der Waals surface area contributed by atoms with Gasteiger partial charge in [0.05, 0.1) is 12.6 Å². The predicted molar refractivity (Wildman–Crippen MR) is 23.6 cm³/mol. The quantitative estimate of drug-likeness (QED) is 0.410. The predicted octanol–water partition coefficient (Wildman–Crippen LogP) is -1.13. The maximum atomic E-state index is 10.0. The highest BCUT2D eigenvalue weighted by molar-refractivity contribution is 5.82. The minimum absolute atomic E-state index is 0.0408. The summed E-state index contributed by atoms with van der Waals surface area (Å²) in [6, 6.07) is 0.0486. The van der Waals surface area contributed by atoms with Crippen molar-refractivity contribution in [2.45, 2.75) is 12.5 Å². The van der Waals surface area contributed by atoms with Gasteiger partial charge in [-0.05, 0) is 0 Å². The molecule has 0 saturated carbocycles. The molecule has 0 unspecified atom stereocenters. The first-order valence-corrected chi connectivity index (χ1v) is 2.23. The maximum Gasteiger partial charge on any atom is 0.222 e. The number of β-lactam (4-membered cyclic amide) rings is 1. The molecule has 1 amide bonds. The lowest BCUT2D eigenvalue weighted by Gasteiger charge is -2.23. The number of hydrogen-bond acceptors (Lipinski definition) is 2. The molecular weight excluding hydrogens is 94.0 g/mol. The molecule has 0 aliphatic carbocycles. The molecule has 1 saturated heterocycles. The van der Waals surface area contributed by atoms with E-state index >= 15 is 0 Å². The lowest BCUT2D eigenvalue weighted by molar-refractivity contribution is -0.129. The van der Waals surface area contributed by atoms with Crippen LogP contribution in [0.1, 0.15) is 6.42 Å². The van der Waals surface area contributed by atoms with E-state index in [1.165, 1.54) is 0 Å². The normalized spacial score (nSPS) is 28.7. The zero-order valence-corrected chi connectivity index (χ0v) is 3.85. The van der Waals surface area contributed by atoms with Gasteiger partial charge in [0.25, 0.3) is 0 Å². The Morgan fingerprint density at radius 1 is 2.00 bits per heavy atom. The van der Waals surface area contributed by atoms with Crippen molar-refractivity contribution in [1.29, 1.82) is 0 Å². The van der Waals surface area contributed by atoms with E-state index in [9.17, 15) is 4.79 Å². The summed E-state index contributed by atoms with van der Waals surface area (Å²) in [5.74, 6) is 0.0408. The molecular formula is C4H7NO2. The average Bonchev–Trinajstić information content (AvgIpc) is 1.58. The summed E-state index contributed by atoms with van der Waals surface area (Å²) in [7, 11) is 0. The Hall–Kier alpha value is -0.570. The smallest absolute Gasteiger partial charge is 0.222 e. The molecule has 7 heavy (non-hydrogen) atoms. The first kappa shape index (κ1) is 4.59. The van der Waals surface area contributed by atoms with E-state index in [-0.39, 0.29) is 18.6 Å². The van der Waals surface area contributed by atoms with Crippen LogP contribution in [0.2, 0.25) is 0 Å². The molecule has 3 nitrogen and oxygen atoms in total. The maximum absolute atomic E-state index is 10.0. The van der Waals surface area contributed by atoms with Crippen LogP contribution >= 0.6 is 0 Å². The van der Waals surface area contributed by atoms with Crippen molar-refractivity contribution >= 4 is 5.91 Å². The lowest BCUT2D eigenvalue weighted by Crippen LogP contribution is -2.50. The number of rotatable bonds is 1. The summed E-state index contributed by atoms with van der Waals surface area (Å²) in [5.41, 5.74) is 0. The molecule has 1 aliphatic heterocycles. The van der Waals surface area contributed by atoms with Crippen LogP contribution < -0.4 is 5.32 Å². The fraction of sp³-hybridized carbons (Fsp3) is 0.750. The molecule has 0 radical (unpaired) electrons. The second kappa shape index (κ2) is 1.50.